The average Bonchev–Trinajstić information content (AvgIpc) is 2.50. The maximum absolute atomic E-state index is 11.1. The summed E-state index contributed by atoms with van der Waals surface area (Å²) in [5, 5.41) is 3.43. The molecule has 0 aromatic heterocycles. The van der Waals surface area contributed by atoms with Gasteiger partial charge in [0.05, 0.1) is 7.11 Å². The van der Waals surface area contributed by atoms with Crippen molar-refractivity contribution in [2.24, 2.45) is 10.4 Å². The van der Waals surface area contributed by atoms with Crippen molar-refractivity contribution in [3.63, 3.8) is 0 Å². The highest BCUT2D eigenvalue weighted by Gasteiger charge is 2.31. The van der Waals surface area contributed by atoms with Gasteiger partial charge in [-0.1, -0.05) is 20.3 Å². The molecule has 1 aliphatic rings. The van der Waals surface area contributed by atoms with Crippen LogP contribution in [0.15, 0.2) is 4.99 Å². The number of unbranched alkanes of at least 4 members (excludes halogenated alkanes) is 1. The van der Waals surface area contributed by atoms with E-state index in [9.17, 15) is 4.79 Å². The van der Waals surface area contributed by atoms with Crippen LogP contribution in [0, 0.1) is 5.41 Å². The molecule has 0 amide bonds. The summed E-state index contributed by atoms with van der Waals surface area (Å²) >= 11 is 0. The standard InChI is InChI=1S/C17H33N3O2.HI/c1-5-10-17(2)11-8-13-20(14-17)16(18-3)19-12-7-6-9-15(21)22-4;/h5-14H2,1-4H3,(H,18,19);1H. The van der Waals surface area contributed by atoms with Gasteiger partial charge in [-0.3, -0.25) is 9.79 Å². The van der Waals surface area contributed by atoms with E-state index >= 15 is 0 Å². The zero-order valence-corrected chi connectivity index (χ0v) is 17.5. The first kappa shape index (κ1) is 22.5. The highest BCUT2D eigenvalue weighted by Crippen LogP contribution is 2.33. The predicted molar refractivity (Wildman–Crippen MR) is 106 cm³/mol. The Kier molecular flexibility index (Phi) is 11.6. The summed E-state index contributed by atoms with van der Waals surface area (Å²) in [4.78, 5) is 17.9. The lowest BCUT2D eigenvalue weighted by Crippen LogP contribution is -2.50. The van der Waals surface area contributed by atoms with Gasteiger partial charge >= 0.3 is 5.97 Å². The number of likely N-dealkylation sites (tertiary alicyclic amines) is 1. The average molecular weight is 439 g/mol. The minimum Gasteiger partial charge on any atom is -0.469 e. The molecule has 1 rings (SSSR count). The van der Waals surface area contributed by atoms with Gasteiger partial charge in [0, 0.05) is 33.1 Å². The molecule has 0 bridgehead atoms. The number of piperidine rings is 1. The van der Waals surface area contributed by atoms with Crippen molar-refractivity contribution in [2.45, 2.75) is 58.8 Å². The minimum atomic E-state index is -0.129. The van der Waals surface area contributed by atoms with Crippen molar-refractivity contribution in [1.29, 1.82) is 0 Å². The Balaban J connectivity index is 0.00000484. The fourth-order valence-corrected chi connectivity index (χ4v) is 3.33. The molecule has 0 aromatic rings. The van der Waals surface area contributed by atoms with Crippen molar-refractivity contribution in [2.75, 3.05) is 33.8 Å². The van der Waals surface area contributed by atoms with Crippen molar-refractivity contribution in [3.05, 3.63) is 0 Å². The maximum atomic E-state index is 11.1. The third kappa shape index (κ3) is 8.22. The molecule has 0 saturated carbocycles. The predicted octanol–water partition coefficient (Wildman–Crippen LogP) is 3.43. The molecule has 1 unspecified atom stereocenters. The number of hydrogen-bond acceptors (Lipinski definition) is 3. The molecule has 0 aromatic carbocycles. The monoisotopic (exact) mass is 439 g/mol. The van der Waals surface area contributed by atoms with Gasteiger partial charge in [0.1, 0.15) is 0 Å². The van der Waals surface area contributed by atoms with Crippen LogP contribution < -0.4 is 5.32 Å². The Morgan fingerprint density at radius 2 is 2.13 bits per heavy atom. The number of aliphatic imine (C=N–C) groups is 1. The molecule has 1 saturated heterocycles. The number of methoxy groups -OCH3 is 1. The van der Waals surface area contributed by atoms with Crippen LogP contribution in [-0.4, -0.2) is 50.6 Å². The molecular formula is C17H34IN3O2. The van der Waals surface area contributed by atoms with E-state index in [0.717, 1.165) is 38.4 Å². The number of nitrogens with zero attached hydrogens (tertiary/aromatic N) is 2. The first-order chi connectivity index (χ1) is 10.5. The second-order valence-corrected chi connectivity index (χ2v) is 6.59. The lowest BCUT2D eigenvalue weighted by Gasteiger charge is -2.42. The molecule has 1 atom stereocenters. The first-order valence-corrected chi connectivity index (χ1v) is 8.57. The largest absolute Gasteiger partial charge is 0.469 e. The van der Waals surface area contributed by atoms with E-state index in [1.807, 2.05) is 7.05 Å². The number of ether oxygens (including phenoxy) is 1. The van der Waals surface area contributed by atoms with Crippen molar-refractivity contribution in [1.82, 2.24) is 10.2 Å². The van der Waals surface area contributed by atoms with Crippen molar-refractivity contribution in [3.8, 4) is 0 Å². The molecule has 0 radical (unpaired) electrons. The lowest BCUT2D eigenvalue weighted by atomic mass is 9.78. The van der Waals surface area contributed by atoms with Crippen LogP contribution >= 0.6 is 24.0 Å². The lowest BCUT2D eigenvalue weighted by molar-refractivity contribution is -0.140. The van der Waals surface area contributed by atoms with Crippen LogP contribution in [0.5, 0.6) is 0 Å². The highest BCUT2D eigenvalue weighted by molar-refractivity contribution is 14.0. The summed E-state index contributed by atoms with van der Waals surface area (Å²) in [6, 6.07) is 0. The number of halogens is 1. The summed E-state index contributed by atoms with van der Waals surface area (Å²) in [6.07, 6.45) is 7.37. The second kappa shape index (κ2) is 11.9. The van der Waals surface area contributed by atoms with Gasteiger partial charge in [-0.15, -0.1) is 24.0 Å². The van der Waals surface area contributed by atoms with E-state index in [2.05, 4.69) is 33.8 Å². The number of carbonyl (C=O) groups is 1. The number of hydrogen-bond donors (Lipinski definition) is 1. The van der Waals surface area contributed by atoms with E-state index in [-0.39, 0.29) is 29.9 Å². The molecular weight excluding hydrogens is 405 g/mol. The zero-order valence-electron chi connectivity index (χ0n) is 15.2. The molecule has 1 heterocycles. The van der Waals surface area contributed by atoms with Crippen LogP contribution in [-0.2, 0) is 9.53 Å². The second-order valence-electron chi connectivity index (χ2n) is 6.59. The fraction of sp³-hybridized carbons (Fsp3) is 0.882. The Hall–Kier alpha value is -0.530. The van der Waals surface area contributed by atoms with Crippen LogP contribution in [0.4, 0.5) is 0 Å². The molecule has 0 spiro atoms. The van der Waals surface area contributed by atoms with E-state index in [4.69, 9.17) is 0 Å². The Labute approximate surface area is 158 Å². The number of rotatable bonds is 7. The van der Waals surface area contributed by atoms with Gasteiger partial charge < -0.3 is 15.0 Å². The third-order valence-electron chi connectivity index (χ3n) is 4.46. The topological polar surface area (TPSA) is 53.9 Å². The Morgan fingerprint density at radius 3 is 2.74 bits per heavy atom. The van der Waals surface area contributed by atoms with E-state index < -0.39 is 0 Å². The van der Waals surface area contributed by atoms with Gasteiger partial charge in [-0.25, -0.2) is 0 Å². The van der Waals surface area contributed by atoms with Gasteiger partial charge in [0.15, 0.2) is 5.96 Å². The third-order valence-corrected chi connectivity index (χ3v) is 4.46. The van der Waals surface area contributed by atoms with E-state index in [0.29, 0.717) is 11.8 Å². The zero-order chi connectivity index (χ0) is 16.4. The van der Waals surface area contributed by atoms with Crippen LogP contribution in [0.25, 0.3) is 0 Å². The van der Waals surface area contributed by atoms with Crippen molar-refractivity contribution < 1.29 is 9.53 Å². The number of esters is 1. The Morgan fingerprint density at radius 1 is 1.39 bits per heavy atom. The quantitative estimate of drug-likeness (QED) is 0.217. The van der Waals surface area contributed by atoms with E-state index in [1.54, 1.807) is 0 Å². The van der Waals surface area contributed by atoms with E-state index in [1.165, 1.54) is 32.8 Å². The molecule has 136 valence electrons. The number of guanidine groups is 1. The fourth-order valence-electron chi connectivity index (χ4n) is 3.33. The number of nitrogens with one attached hydrogen (secondary N) is 1. The summed E-state index contributed by atoms with van der Waals surface area (Å²) in [6.45, 7) is 7.68. The van der Waals surface area contributed by atoms with Crippen LogP contribution in [0.3, 0.4) is 0 Å². The number of carbonyl (C=O) groups excluding carboxylic acids is 1. The summed E-state index contributed by atoms with van der Waals surface area (Å²) < 4.78 is 4.65. The normalized spacial score (nSPS) is 21.6. The molecule has 5 nitrogen and oxygen atoms in total. The molecule has 6 heteroatoms. The summed E-state index contributed by atoms with van der Waals surface area (Å²) in [7, 11) is 3.29. The highest BCUT2D eigenvalue weighted by atomic mass is 127. The van der Waals surface area contributed by atoms with Crippen LogP contribution in [0.1, 0.15) is 58.8 Å². The van der Waals surface area contributed by atoms with Crippen LogP contribution in [0.2, 0.25) is 0 Å². The van der Waals surface area contributed by atoms with Gasteiger partial charge in [0.2, 0.25) is 0 Å². The summed E-state index contributed by atoms with van der Waals surface area (Å²) in [5.41, 5.74) is 0.412. The van der Waals surface area contributed by atoms with Gasteiger partial charge in [0.25, 0.3) is 0 Å². The molecule has 1 fully saturated rings. The molecule has 1 aliphatic heterocycles. The molecule has 0 aliphatic carbocycles. The maximum Gasteiger partial charge on any atom is 0.305 e. The van der Waals surface area contributed by atoms with Gasteiger partial charge in [-0.05, 0) is 37.5 Å². The summed E-state index contributed by atoms with van der Waals surface area (Å²) in [5.74, 6) is 0.871. The van der Waals surface area contributed by atoms with Crippen molar-refractivity contribution >= 4 is 35.9 Å². The molecule has 1 N–H and O–H groups in total. The van der Waals surface area contributed by atoms with Gasteiger partial charge in [-0.2, -0.15) is 0 Å². The first-order valence-electron chi connectivity index (χ1n) is 8.57. The Bertz CT molecular complexity index is 373. The SMILES string of the molecule is CCCC1(C)CCCN(C(=NC)NCCCCC(=O)OC)C1.I. The minimum absolute atomic E-state index is 0. The molecule has 23 heavy (non-hydrogen) atoms. The smallest absolute Gasteiger partial charge is 0.305 e.